The minimum atomic E-state index is -0.546. The lowest BCUT2D eigenvalue weighted by Gasteiger charge is -2.08. The van der Waals surface area contributed by atoms with E-state index in [-0.39, 0.29) is 5.75 Å². The predicted molar refractivity (Wildman–Crippen MR) is 46.2 cm³/mol. The third-order valence-corrected chi connectivity index (χ3v) is 1.85. The molecule has 2 aromatic rings. The molecular formula is C10H6O3-. The van der Waals surface area contributed by atoms with Crippen molar-refractivity contribution < 1.29 is 9.52 Å². The second kappa shape index (κ2) is 2.62. The van der Waals surface area contributed by atoms with Gasteiger partial charge in [-0.25, -0.2) is 5.56 Å². The Morgan fingerprint density at radius 2 is 2.15 bits per heavy atom. The molecule has 0 aliphatic heterocycles. The lowest BCUT2D eigenvalue weighted by atomic mass is 10.1. The van der Waals surface area contributed by atoms with Crippen LogP contribution in [0, 0.1) is 13.0 Å². The van der Waals surface area contributed by atoms with Crippen molar-refractivity contribution >= 4 is 11.0 Å². The molecule has 1 aromatic carbocycles. The molecule has 1 heterocycles. The Balaban J connectivity index is 2.94. The summed E-state index contributed by atoms with van der Waals surface area (Å²) in [5.74, 6) is -0.166. The van der Waals surface area contributed by atoms with Gasteiger partial charge in [-0.2, -0.15) is 6.07 Å². The highest BCUT2D eigenvalue weighted by Crippen LogP contribution is 2.20. The molecule has 0 atom stereocenters. The molecule has 0 amide bonds. The Hall–Kier alpha value is -1.77. The number of rotatable bonds is 0. The van der Waals surface area contributed by atoms with Crippen molar-refractivity contribution in [2.75, 3.05) is 0 Å². The zero-order chi connectivity index (χ0) is 9.42. The SMILES string of the molecule is Cc1[c-]c(=O)oc2cc([O])ccc12. The zero-order valence-corrected chi connectivity index (χ0v) is 6.96. The van der Waals surface area contributed by atoms with Crippen LogP contribution in [0.2, 0.25) is 0 Å². The maximum atomic E-state index is 10.9. The standard InChI is InChI=1S/C10H6O3/c1-6-4-10(12)13-9-5-7(11)2-3-8(6)9/h2-3,5H,1H3/q-1. The Bertz CT molecular complexity index is 511. The zero-order valence-electron chi connectivity index (χ0n) is 6.96. The highest BCUT2D eigenvalue weighted by Gasteiger charge is 1.94. The summed E-state index contributed by atoms with van der Waals surface area (Å²) >= 11 is 0. The third kappa shape index (κ3) is 1.28. The number of fused-ring (bicyclic) bond motifs is 1. The Labute approximate surface area is 74.2 Å². The van der Waals surface area contributed by atoms with Crippen LogP contribution in [-0.4, -0.2) is 0 Å². The molecule has 0 aliphatic carbocycles. The summed E-state index contributed by atoms with van der Waals surface area (Å²) in [5, 5.41) is 11.7. The average Bonchev–Trinajstić information content (AvgIpc) is 2.02. The minimum absolute atomic E-state index is 0.166. The molecule has 0 spiro atoms. The first kappa shape index (κ1) is 7.86. The molecule has 3 nitrogen and oxygen atoms in total. The fourth-order valence-electron chi connectivity index (χ4n) is 1.24. The molecule has 0 N–H and O–H groups in total. The number of hydrogen-bond acceptors (Lipinski definition) is 2. The predicted octanol–water partition coefficient (Wildman–Crippen LogP) is 2.05. The van der Waals surface area contributed by atoms with Gasteiger partial charge in [-0.1, -0.05) is 6.92 Å². The Morgan fingerprint density at radius 1 is 1.38 bits per heavy atom. The number of benzene rings is 1. The van der Waals surface area contributed by atoms with Gasteiger partial charge in [0.05, 0.1) is 5.58 Å². The first-order valence-corrected chi connectivity index (χ1v) is 3.80. The minimum Gasteiger partial charge on any atom is -0.456 e. The molecule has 0 aliphatic rings. The van der Waals surface area contributed by atoms with Gasteiger partial charge in [-0.3, -0.25) is 9.90 Å². The van der Waals surface area contributed by atoms with Crippen molar-refractivity contribution in [3.05, 3.63) is 40.2 Å². The van der Waals surface area contributed by atoms with E-state index in [4.69, 9.17) is 4.42 Å². The first-order valence-electron chi connectivity index (χ1n) is 3.80. The van der Waals surface area contributed by atoms with Crippen LogP contribution >= 0.6 is 0 Å². The van der Waals surface area contributed by atoms with Gasteiger partial charge in [0.1, 0.15) is 0 Å². The van der Waals surface area contributed by atoms with Gasteiger partial charge in [0.25, 0.3) is 0 Å². The summed E-state index contributed by atoms with van der Waals surface area (Å²) in [6.07, 6.45) is 0. The molecule has 1 aromatic heterocycles. The second-order valence-electron chi connectivity index (χ2n) is 2.80. The molecule has 0 saturated carbocycles. The molecule has 0 fully saturated rings. The molecule has 65 valence electrons. The Kier molecular flexibility index (Phi) is 1.59. The highest BCUT2D eigenvalue weighted by atomic mass is 16.4. The van der Waals surface area contributed by atoms with Crippen LogP contribution in [0.4, 0.5) is 0 Å². The van der Waals surface area contributed by atoms with Gasteiger partial charge in [-0.05, 0) is 6.07 Å². The number of hydrogen-bond donors (Lipinski definition) is 0. The van der Waals surface area contributed by atoms with Crippen molar-refractivity contribution in [2.45, 2.75) is 6.92 Å². The summed E-state index contributed by atoms with van der Waals surface area (Å²) in [6.45, 7) is 1.75. The summed E-state index contributed by atoms with van der Waals surface area (Å²) in [4.78, 5) is 10.9. The van der Waals surface area contributed by atoms with Crippen LogP contribution in [-0.2, 0) is 5.11 Å². The van der Waals surface area contributed by atoms with E-state index in [2.05, 4.69) is 6.07 Å². The second-order valence-corrected chi connectivity index (χ2v) is 2.80. The molecule has 2 rings (SSSR count). The van der Waals surface area contributed by atoms with Crippen LogP contribution in [0.5, 0.6) is 5.75 Å². The van der Waals surface area contributed by atoms with Crippen molar-refractivity contribution in [1.82, 2.24) is 0 Å². The lowest BCUT2D eigenvalue weighted by Crippen LogP contribution is -1.98. The summed E-state index contributed by atoms with van der Waals surface area (Å²) in [7, 11) is 0. The van der Waals surface area contributed by atoms with E-state index in [9.17, 15) is 9.90 Å². The maximum absolute atomic E-state index is 10.9. The normalized spacial score (nSPS) is 10.5. The average molecular weight is 174 g/mol. The van der Waals surface area contributed by atoms with Crippen molar-refractivity contribution in [2.24, 2.45) is 0 Å². The van der Waals surface area contributed by atoms with E-state index in [0.717, 1.165) is 5.39 Å². The van der Waals surface area contributed by atoms with Crippen LogP contribution < -0.4 is 5.63 Å². The highest BCUT2D eigenvalue weighted by molar-refractivity contribution is 5.80. The molecular weight excluding hydrogens is 168 g/mol. The summed E-state index contributed by atoms with van der Waals surface area (Å²) < 4.78 is 4.81. The van der Waals surface area contributed by atoms with Gasteiger partial charge in [0, 0.05) is 6.07 Å². The molecule has 0 unspecified atom stereocenters. The van der Waals surface area contributed by atoms with Gasteiger partial charge in [0.2, 0.25) is 5.63 Å². The van der Waals surface area contributed by atoms with Crippen LogP contribution in [0.25, 0.3) is 11.0 Å². The van der Waals surface area contributed by atoms with E-state index in [0.29, 0.717) is 11.1 Å². The fourth-order valence-corrected chi connectivity index (χ4v) is 1.24. The quantitative estimate of drug-likeness (QED) is 0.453. The Morgan fingerprint density at radius 3 is 2.92 bits per heavy atom. The topological polar surface area (TPSA) is 50.1 Å². The maximum Gasteiger partial charge on any atom is 0.242 e. The first-order chi connectivity index (χ1) is 6.16. The van der Waals surface area contributed by atoms with Gasteiger partial charge in [-0.15, -0.1) is 11.5 Å². The van der Waals surface area contributed by atoms with Gasteiger partial charge >= 0.3 is 0 Å². The molecule has 13 heavy (non-hydrogen) atoms. The lowest BCUT2D eigenvalue weighted by molar-refractivity contribution is 0.354. The fraction of sp³-hybridized carbons (Fsp3) is 0.100. The molecule has 3 heteroatoms. The van der Waals surface area contributed by atoms with Crippen LogP contribution in [0.15, 0.2) is 27.4 Å². The van der Waals surface area contributed by atoms with E-state index in [1.54, 1.807) is 13.0 Å². The number of aryl methyl sites for hydroxylation is 1. The van der Waals surface area contributed by atoms with Crippen molar-refractivity contribution in [3.8, 4) is 5.75 Å². The summed E-state index contributed by atoms with van der Waals surface area (Å²) in [6, 6.07) is 6.88. The van der Waals surface area contributed by atoms with E-state index in [1.165, 1.54) is 12.1 Å². The summed E-state index contributed by atoms with van der Waals surface area (Å²) in [5.41, 5.74) is 0.482. The van der Waals surface area contributed by atoms with Crippen molar-refractivity contribution in [1.29, 1.82) is 0 Å². The van der Waals surface area contributed by atoms with Gasteiger partial charge in [0.15, 0.2) is 5.75 Å². The third-order valence-electron chi connectivity index (χ3n) is 1.85. The monoisotopic (exact) mass is 174 g/mol. The van der Waals surface area contributed by atoms with Crippen molar-refractivity contribution in [3.63, 3.8) is 0 Å². The van der Waals surface area contributed by atoms with Crippen LogP contribution in [0.1, 0.15) is 5.56 Å². The molecule has 0 bridgehead atoms. The van der Waals surface area contributed by atoms with Crippen LogP contribution in [0.3, 0.4) is 0 Å². The van der Waals surface area contributed by atoms with E-state index in [1.807, 2.05) is 0 Å². The van der Waals surface area contributed by atoms with E-state index < -0.39 is 5.63 Å². The largest absolute Gasteiger partial charge is 0.456 e. The molecule has 1 radical (unpaired) electrons. The smallest absolute Gasteiger partial charge is 0.242 e. The van der Waals surface area contributed by atoms with E-state index >= 15 is 0 Å². The van der Waals surface area contributed by atoms with Gasteiger partial charge < -0.3 is 4.42 Å². The molecule has 0 saturated heterocycles.